The van der Waals surface area contributed by atoms with Crippen LogP contribution in [0.1, 0.15) is 46.5 Å². The Labute approximate surface area is 109 Å². The van der Waals surface area contributed by atoms with Crippen molar-refractivity contribution < 1.29 is 14.7 Å². The van der Waals surface area contributed by atoms with E-state index in [4.69, 9.17) is 0 Å². The fraction of sp³-hybridized carbons (Fsp3) is 0.846. The number of rotatable bonds is 4. The number of carboxylic acids is 1. The van der Waals surface area contributed by atoms with E-state index < -0.39 is 11.5 Å². The Bertz CT molecular complexity index is 313. The molecule has 5 nitrogen and oxygen atoms in total. The number of carboxylic acid groups (broad SMARTS) is 1. The van der Waals surface area contributed by atoms with Crippen LogP contribution in [0.3, 0.4) is 0 Å². The minimum absolute atomic E-state index is 0.243. The fourth-order valence-corrected chi connectivity index (χ4v) is 2.44. The van der Waals surface area contributed by atoms with E-state index in [9.17, 15) is 14.7 Å². The molecule has 0 saturated carbocycles. The van der Waals surface area contributed by atoms with E-state index in [1.54, 1.807) is 18.7 Å². The summed E-state index contributed by atoms with van der Waals surface area (Å²) in [6, 6.07) is -0.243. The van der Waals surface area contributed by atoms with E-state index in [2.05, 4.69) is 12.2 Å². The van der Waals surface area contributed by atoms with Gasteiger partial charge in [0.15, 0.2) is 0 Å². The van der Waals surface area contributed by atoms with Crippen molar-refractivity contribution in [3.8, 4) is 0 Å². The SMILES string of the molecule is CCC(CC)(NC(=O)N1CCCC(C)C1)C(=O)O. The van der Waals surface area contributed by atoms with Crippen LogP contribution in [0.15, 0.2) is 0 Å². The lowest BCUT2D eigenvalue weighted by atomic mass is 9.93. The molecule has 1 aliphatic rings. The Hall–Kier alpha value is -1.26. The summed E-state index contributed by atoms with van der Waals surface area (Å²) in [7, 11) is 0. The minimum Gasteiger partial charge on any atom is -0.480 e. The molecule has 2 N–H and O–H groups in total. The van der Waals surface area contributed by atoms with Crippen molar-refractivity contribution in [3.05, 3.63) is 0 Å². The van der Waals surface area contributed by atoms with Gasteiger partial charge in [0.2, 0.25) is 0 Å². The number of aliphatic carboxylic acids is 1. The maximum absolute atomic E-state index is 12.1. The predicted molar refractivity (Wildman–Crippen MR) is 69.5 cm³/mol. The van der Waals surface area contributed by atoms with Crippen LogP contribution < -0.4 is 5.32 Å². The molecule has 0 radical (unpaired) electrons. The van der Waals surface area contributed by atoms with Gasteiger partial charge in [-0.3, -0.25) is 0 Å². The van der Waals surface area contributed by atoms with Crippen molar-refractivity contribution in [1.82, 2.24) is 10.2 Å². The van der Waals surface area contributed by atoms with Gasteiger partial charge in [0, 0.05) is 13.1 Å². The molecule has 1 rings (SSSR count). The molecule has 1 heterocycles. The fourth-order valence-electron chi connectivity index (χ4n) is 2.44. The monoisotopic (exact) mass is 256 g/mol. The maximum Gasteiger partial charge on any atom is 0.329 e. The molecule has 1 atom stereocenters. The third-order valence-electron chi connectivity index (χ3n) is 3.91. The normalized spacial score (nSPS) is 20.6. The highest BCUT2D eigenvalue weighted by molar-refractivity contribution is 5.86. The summed E-state index contributed by atoms with van der Waals surface area (Å²) >= 11 is 0. The summed E-state index contributed by atoms with van der Waals surface area (Å²) in [6.45, 7) is 7.13. The number of urea groups is 1. The van der Waals surface area contributed by atoms with Gasteiger partial charge < -0.3 is 15.3 Å². The van der Waals surface area contributed by atoms with Crippen molar-refractivity contribution in [2.75, 3.05) is 13.1 Å². The van der Waals surface area contributed by atoms with Crippen LogP contribution in [0.5, 0.6) is 0 Å². The van der Waals surface area contributed by atoms with E-state index in [1.165, 1.54) is 0 Å². The predicted octanol–water partition coefficient (Wildman–Crippen LogP) is 2.07. The lowest BCUT2D eigenvalue weighted by Gasteiger charge is -2.35. The van der Waals surface area contributed by atoms with Crippen LogP contribution in [0.2, 0.25) is 0 Å². The number of carbonyl (C=O) groups excluding carboxylic acids is 1. The Kier molecular flexibility index (Phi) is 4.99. The minimum atomic E-state index is -1.13. The molecule has 1 fully saturated rings. The first-order valence-corrected chi connectivity index (χ1v) is 6.75. The van der Waals surface area contributed by atoms with Crippen molar-refractivity contribution >= 4 is 12.0 Å². The average Bonchev–Trinajstić information content (AvgIpc) is 2.35. The third kappa shape index (κ3) is 3.15. The zero-order valence-corrected chi connectivity index (χ0v) is 11.5. The van der Waals surface area contributed by atoms with Gasteiger partial charge in [-0.15, -0.1) is 0 Å². The van der Waals surface area contributed by atoms with Gasteiger partial charge in [-0.25, -0.2) is 9.59 Å². The molecular formula is C13H24N2O3. The van der Waals surface area contributed by atoms with Gasteiger partial charge in [0.05, 0.1) is 0 Å². The van der Waals surface area contributed by atoms with Crippen molar-refractivity contribution in [2.45, 2.75) is 52.0 Å². The Morgan fingerprint density at radius 3 is 2.44 bits per heavy atom. The first-order chi connectivity index (χ1) is 8.45. The second-order valence-corrected chi connectivity index (χ2v) is 5.22. The number of nitrogens with one attached hydrogen (secondary N) is 1. The van der Waals surface area contributed by atoms with Gasteiger partial charge in [-0.2, -0.15) is 0 Å². The quantitative estimate of drug-likeness (QED) is 0.809. The summed E-state index contributed by atoms with van der Waals surface area (Å²) < 4.78 is 0. The average molecular weight is 256 g/mol. The van der Waals surface area contributed by atoms with Gasteiger partial charge >= 0.3 is 12.0 Å². The van der Waals surface area contributed by atoms with E-state index in [0.29, 0.717) is 18.8 Å². The first kappa shape index (κ1) is 14.8. The topological polar surface area (TPSA) is 69.6 Å². The number of piperidine rings is 1. The molecule has 2 amide bonds. The highest BCUT2D eigenvalue weighted by Gasteiger charge is 2.38. The molecule has 0 bridgehead atoms. The molecular weight excluding hydrogens is 232 g/mol. The maximum atomic E-state index is 12.1. The Balaban J connectivity index is 2.69. The number of likely N-dealkylation sites (tertiary alicyclic amines) is 1. The van der Waals surface area contributed by atoms with E-state index >= 15 is 0 Å². The van der Waals surface area contributed by atoms with E-state index in [1.807, 2.05) is 0 Å². The van der Waals surface area contributed by atoms with Crippen molar-refractivity contribution in [1.29, 1.82) is 0 Å². The molecule has 0 aromatic rings. The molecule has 1 aliphatic heterocycles. The van der Waals surface area contributed by atoms with Crippen LogP contribution in [0.25, 0.3) is 0 Å². The number of amides is 2. The van der Waals surface area contributed by atoms with Gasteiger partial charge in [0.25, 0.3) is 0 Å². The zero-order valence-electron chi connectivity index (χ0n) is 11.5. The number of nitrogens with zero attached hydrogens (tertiary/aromatic N) is 1. The first-order valence-electron chi connectivity index (χ1n) is 6.75. The van der Waals surface area contributed by atoms with Gasteiger partial charge in [0.1, 0.15) is 5.54 Å². The van der Waals surface area contributed by atoms with E-state index in [-0.39, 0.29) is 6.03 Å². The van der Waals surface area contributed by atoms with Crippen LogP contribution in [0.4, 0.5) is 4.79 Å². The molecule has 1 unspecified atom stereocenters. The molecule has 0 aromatic carbocycles. The Morgan fingerprint density at radius 1 is 1.39 bits per heavy atom. The molecule has 104 valence electrons. The third-order valence-corrected chi connectivity index (χ3v) is 3.91. The van der Waals surface area contributed by atoms with Crippen molar-refractivity contribution in [3.63, 3.8) is 0 Å². The zero-order chi connectivity index (χ0) is 13.8. The molecule has 0 spiro atoms. The van der Waals surface area contributed by atoms with Gasteiger partial charge in [-0.1, -0.05) is 20.8 Å². The summed E-state index contributed by atoms with van der Waals surface area (Å²) in [5.41, 5.74) is -1.13. The van der Waals surface area contributed by atoms with Gasteiger partial charge in [-0.05, 0) is 31.6 Å². The lowest BCUT2D eigenvalue weighted by molar-refractivity contribution is -0.144. The van der Waals surface area contributed by atoms with E-state index in [0.717, 1.165) is 25.9 Å². The molecule has 0 aliphatic carbocycles. The molecule has 18 heavy (non-hydrogen) atoms. The van der Waals surface area contributed by atoms with Crippen LogP contribution >= 0.6 is 0 Å². The molecule has 1 saturated heterocycles. The lowest BCUT2D eigenvalue weighted by Crippen LogP contribution is -2.58. The van der Waals surface area contributed by atoms with Crippen LogP contribution in [0, 0.1) is 5.92 Å². The summed E-state index contributed by atoms with van der Waals surface area (Å²) in [5.74, 6) is -0.460. The molecule has 0 aromatic heterocycles. The summed E-state index contributed by atoms with van der Waals surface area (Å²) in [4.78, 5) is 25.2. The standard InChI is InChI=1S/C13H24N2O3/c1-4-13(5-2,11(16)17)14-12(18)15-8-6-7-10(3)9-15/h10H,4-9H2,1-3H3,(H,14,18)(H,16,17). The summed E-state index contributed by atoms with van der Waals surface area (Å²) in [6.07, 6.45) is 2.92. The molecule has 5 heteroatoms. The van der Waals surface area contributed by atoms with Crippen molar-refractivity contribution in [2.24, 2.45) is 5.92 Å². The second-order valence-electron chi connectivity index (χ2n) is 5.22. The van der Waals surface area contributed by atoms with Crippen LogP contribution in [-0.2, 0) is 4.79 Å². The number of carbonyl (C=O) groups is 2. The smallest absolute Gasteiger partial charge is 0.329 e. The Morgan fingerprint density at radius 2 is 2.00 bits per heavy atom. The largest absolute Gasteiger partial charge is 0.480 e. The van der Waals surface area contributed by atoms with Crippen LogP contribution in [-0.4, -0.2) is 40.6 Å². The number of hydrogen-bond acceptors (Lipinski definition) is 2. The highest BCUT2D eigenvalue weighted by atomic mass is 16.4. The summed E-state index contributed by atoms with van der Waals surface area (Å²) in [5, 5.41) is 12.0. The highest BCUT2D eigenvalue weighted by Crippen LogP contribution is 2.19. The second kappa shape index (κ2) is 6.07. The number of hydrogen-bond donors (Lipinski definition) is 2.